The number of benzene rings is 7. The first-order chi connectivity index (χ1) is 25.7. The average molecular weight is 671 g/mol. The average Bonchev–Trinajstić information content (AvgIpc) is 3.66. The molecule has 0 amide bonds. The molecule has 2 aliphatic carbocycles. The molecular weight excluding hydrogens is 633 g/mol. The van der Waals surface area contributed by atoms with Crippen LogP contribution in [-0.2, 0) is 23.7 Å². The van der Waals surface area contributed by atoms with Crippen LogP contribution >= 0.6 is 0 Å². The van der Waals surface area contributed by atoms with Crippen LogP contribution in [-0.4, -0.2) is 12.6 Å². The summed E-state index contributed by atoms with van der Waals surface area (Å²) >= 11 is 0. The molecule has 2 heteroatoms. The number of aryl methyl sites for hydroxylation is 2. The standard InChI is InChI=1S/C50H38O2/c51-33-37-23-19-35(20-24-37)27-29-49(30-28-36-21-25-38(34-52)26-22-36)45-17-9-7-15-41(45)43-32-48-44(31-47(43)49)42-16-8-10-18-46(42)50(48,39-11-3-1-4-12-39)40-13-5-2-6-14-40/h1-26,31-34H,27-30H2. The summed E-state index contributed by atoms with van der Waals surface area (Å²) in [5, 5.41) is 0. The Kier molecular flexibility index (Phi) is 7.89. The summed E-state index contributed by atoms with van der Waals surface area (Å²) in [6.45, 7) is 0. The minimum atomic E-state index is -0.468. The number of carbonyl (C=O) groups is 2. The molecule has 0 N–H and O–H groups in total. The minimum absolute atomic E-state index is 0.257. The normalized spacial score (nSPS) is 14.2. The second-order valence-corrected chi connectivity index (χ2v) is 14.3. The van der Waals surface area contributed by atoms with E-state index in [1.807, 2.05) is 24.3 Å². The number of aldehydes is 2. The van der Waals surface area contributed by atoms with Crippen LogP contribution in [0.1, 0.15) is 78.1 Å². The Morgan fingerprint density at radius 2 is 0.808 bits per heavy atom. The van der Waals surface area contributed by atoms with Gasteiger partial charge in [0.2, 0.25) is 0 Å². The van der Waals surface area contributed by atoms with Gasteiger partial charge in [-0.1, -0.05) is 158 Å². The van der Waals surface area contributed by atoms with Crippen LogP contribution in [0.25, 0.3) is 22.3 Å². The van der Waals surface area contributed by atoms with Gasteiger partial charge in [-0.25, -0.2) is 0 Å². The van der Waals surface area contributed by atoms with Crippen LogP contribution in [0.2, 0.25) is 0 Å². The largest absolute Gasteiger partial charge is 0.298 e. The number of hydrogen-bond acceptors (Lipinski definition) is 2. The lowest BCUT2D eigenvalue weighted by Gasteiger charge is -2.35. The fraction of sp³-hybridized carbons (Fsp3) is 0.120. The Morgan fingerprint density at radius 3 is 1.33 bits per heavy atom. The first-order valence-electron chi connectivity index (χ1n) is 18.2. The predicted molar refractivity (Wildman–Crippen MR) is 210 cm³/mol. The molecule has 0 fully saturated rings. The van der Waals surface area contributed by atoms with Gasteiger partial charge < -0.3 is 0 Å². The summed E-state index contributed by atoms with van der Waals surface area (Å²) in [5.41, 5.74) is 16.2. The highest BCUT2D eigenvalue weighted by molar-refractivity contribution is 5.92. The van der Waals surface area contributed by atoms with E-state index in [9.17, 15) is 9.59 Å². The molecule has 0 aromatic heterocycles. The van der Waals surface area contributed by atoms with Crippen LogP contribution in [0.15, 0.2) is 170 Å². The maximum Gasteiger partial charge on any atom is 0.150 e. The third-order valence-electron chi connectivity index (χ3n) is 11.8. The highest BCUT2D eigenvalue weighted by Gasteiger charge is 2.49. The van der Waals surface area contributed by atoms with E-state index < -0.39 is 5.41 Å². The van der Waals surface area contributed by atoms with Crippen LogP contribution in [0, 0.1) is 0 Å². The summed E-state index contributed by atoms with van der Waals surface area (Å²) in [6, 6.07) is 61.2. The topological polar surface area (TPSA) is 34.1 Å². The fourth-order valence-electron chi connectivity index (χ4n) is 9.29. The van der Waals surface area contributed by atoms with Crippen LogP contribution in [0.5, 0.6) is 0 Å². The van der Waals surface area contributed by atoms with Crippen molar-refractivity contribution in [2.24, 2.45) is 0 Å². The maximum atomic E-state index is 11.5. The summed E-state index contributed by atoms with van der Waals surface area (Å²) in [6.07, 6.45) is 5.42. The van der Waals surface area contributed by atoms with Gasteiger partial charge in [0.05, 0.1) is 5.41 Å². The Labute approximate surface area is 305 Å². The molecule has 2 aliphatic rings. The first kappa shape index (κ1) is 31.8. The summed E-state index contributed by atoms with van der Waals surface area (Å²) in [4.78, 5) is 22.9. The molecule has 7 aromatic rings. The zero-order chi connectivity index (χ0) is 35.1. The lowest BCUT2D eigenvalue weighted by molar-refractivity contribution is 0.111. The van der Waals surface area contributed by atoms with E-state index in [-0.39, 0.29) is 5.41 Å². The van der Waals surface area contributed by atoms with Crippen molar-refractivity contribution in [3.05, 3.63) is 225 Å². The molecule has 9 rings (SSSR count). The number of rotatable bonds is 10. The van der Waals surface area contributed by atoms with Crippen molar-refractivity contribution in [2.45, 2.75) is 36.5 Å². The SMILES string of the molecule is O=Cc1ccc(CCC2(CCc3ccc(C=O)cc3)c3ccccc3-c3cc4c(cc32)-c2ccccc2C4(c2ccccc2)c2ccccc2)cc1. The van der Waals surface area contributed by atoms with E-state index in [0.717, 1.165) is 38.3 Å². The molecule has 0 spiro atoms. The molecule has 0 heterocycles. The van der Waals surface area contributed by atoms with E-state index in [4.69, 9.17) is 0 Å². The van der Waals surface area contributed by atoms with Gasteiger partial charge in [0.1, 0.15) is 12.6 Å². The molecule has 7 aromatic carbocycles. The third-order valence-corrected chi connectivity index (χ3v) is 11.8. The molecule has 0 bridgehead atoms. The zero-order valence-electron chi connectivity index (χ0n) is 29.0. The van der Waals surface area contributed by atoms with E-state index in [2.05, 4.69) is 146 Å². The summed E-state index contributed by atoms with van der Waals surface area (Å²) in [7, 11) is 0. The lowest BCUT2D eigenvalue weighted by atomic mass is 9.66. The van der Waals surface area contributed by atoms with Gasteiger partial charge in [-0.05, 0) is 105 Å². The summed E-state index contributed by atoms with van der Waals surface area (Å²) < 4.78 is 0. The Balaban J connectivity index is 1.28. The van der Waals surface area contributed by atoms with Gasteiger partial charge in [-0.15, -0.1) is 0 Å². The quantitative estimate of drug-likeness (QED) is 0.136. The van der Waals surface area contributed by atoms with Gasteiger partial charge in [0.25, 0.3) is 0 Å². The van der Waals surface area contributed by atoms with Crippen molar-refractivity contribution in [1.29, 1.82) is 0 Å². The van der Waals surface area contributed by atoms with Gasteiger partial charge in [0, 0.05) is 16.5 Å². The van der Waals surface area contributed by atoms with Crippen LogP contribution < -0.4 is 0 Å². The molecule has 0 unspecified atom stereocenters. The second-order valence-electron chi connectivity index (χ2n) is 14.3. The van der Waals surface area contributed by atoms with Crippen molar-refractivity contribution in [1.82, 2.24) is 0 Å². The molecule has 52 heavy (non-hydrogen) atoms. The van der Waals surface area contributed by atoms with Gasteiger partial charge >= 0.3 is 0 Å². The highest BCUT2D eigenvalue weighted by atomic mass is 16.1. The molecule has 2 nitrogen and oxygen atoms in total. The Hall–Kier alpha value is -6.12. The van der Waals surface area contributed by atoms with Crippen molar-refractivity contribution in [3.8, 4) is 22.3 Å². The molecular formula is C50H38O2. The Bertz CT molecular complexity index is 2330. The van der Waals surface area contributed by atoms with Crippen LogP contribution in [0.4, 0.5) is 0 Å². The fourth-order valence-corrected chi connectivity index (χ4v) is 9.29. The monoisotopic (exact) mass is 670 g/mol. The predicted octanol–water partition coefficient (Wildman–Crippen LogP) is 11.2. The maximum absolute atomic E-state index is 11.5. The van der Waals surface area contributed by atoms with Crippen LogP contribution in [0.3, 0.4) is 0 Å². The van der Waals surface area contributed by atoms with Gasteiger partial charge in [0.15, 0.2) is 0 Å². The Morgan fingerprint density at radius 1 is 0.385 bits per heavy atom. The van der Waals surface area contributed by atoms with Crippen molar-refractivity contribution in [3.63, 3.8) is 0 Å². The number of hydrogen-bond donors (Lipinski definition) is 0. The van der Waals surface area contributed by atoms with E-state index in [1.165, 1.54) is 66.8 Å². The zero-order valence-corrected chi connectivity index (χ0v) is 29.0. The van der Waals surface area contributed by atoms with E-state index in [0.29, 0.717) is 11.1 Å². The molecule has 250 valence electrons. The molecule has 0 aliphatic heterocycles. The van der Waals surface area contributed by atoms with Gasteiger partial charge in [-0.2, -0.15) is 0 Å². The van der Waals surface area contributed by atoms with Gasteiger partial charge in [-0.3, -0.25) is 9.59 Å². The third kappa shape index (κ3) is 4.93. The highest BCUT2D eigenvalue weighted by Crippen LogP contribution is 2.61. The molecule has 0 saturated heterocycles. The smallest absolute Gasteiger partial charge is 0.150 e. The molecule has 0 saturated carbocycles. The molecule has 0 atom stereocenters. The second kappa shape index (κ2) is 12.9. The lowest BCUT2D eigenvalue weighted by Crippen LogP contribution is -2.29. The first-order valence-corrected chi connectivity index (χ1v) is 18.2. The van der Waals surface area contributed by atoms with Crippen molar-refractivity contribution >= 4 is 12.6 Å². The molecule has 0 radical (unpaired) electrons. The number of fused-ring (bicyclic) bond motifs is 6. The van der Waals surface area contributed by atoms with Crippen molar-refractivity contribution in [2.75, 3.05) is 0 Å². The van der Waals surface area contributed by atoms with E-state index in [1.54, 1.807) is 0 Å². The van der Waals surface area contributed by atoms with E-state index >= 15 is 0 Å². The summed E-state index contributed by atoms with van der Waals surface area (Å²) in [5.74, 6) is 0. The van der Waals surface area contributed by atoms with Crippen molar-refractivity contribution < 1.29 is 9.59 Å². The minimum Gasteiger partial charge on any atom is -0.298 e. The number of carbonyl (C=O) groups excluding carboxylic acids is 2.